The molecule has 1 aliphatic rings. The van der Waals surface area contributed by atoms with Gasteiger partial charge in [-0.15, -0.1) is 0 Å². The summed E-state index contributed by atoms with van der Waals surface area (Å²) >= 11 is 0. The summed E-state index contributed by atoms with van der Waals surface area (Å²) in [4.78, 5) is 0. The van der Waals surface area contributed by atoms with Gasteiger partial charge in [-0.3, -0.25) is 4.68 Å². The van der Waals surface area contributed by atoms with E-state index in [1.807, 2.05) is 18.3 Å². The first kappa shape index (κ1) is 21.7. The van der Waals surface area contributed by atoms with Crippen LogP contribution in [-0.4, -0.2) is 43.4 Å². The zero-order valence-corrected chi connectivity index (χ0v) is 18.8. The number of phenolic OH excluding ortho intramolecular Hbond substituents is 1. The van der Waals surface area contributed by atoms with Gasteiger partial charge in [0.25, 0.3) is 0 Å². The number of fused-ring (bicyclic) bond motifs is 1. The summed E-state index contributed by atoms with van der Waals surface area (Å²) in [6.45, 7) is 5.17. The van der Waals surface area contributed by atoms with Gasteiger partial charge >= 0.3 is 0 Å². The van der Waals surface area contributed by atoms with Gasteiger partial charge in [0.2, 0.25) is 0 Å². The van der Waals surface area contributed by atoms with Crippen LogP contribution >= 0.6 is 0 Å². The Morgan fingerprint density at radius 1 is 1.12 bits per heavy atom. The summed E-state index contributed by atoms with van der Waals surface area (Å²) in [5.41, 5.74) is 3.63. The summed E-state index contributed by atoms with van der Waals surface area (Å²) in [5, 5.41) is 26.4. The first-order valence-electron chi connectivity index (χ1n) is 11.3. The predicted molar refractivity (Wildman–Crippen MR) is 125 cm³/mol. The van der Waals surface area contributed by atoms with E-state index in [4.69, 9.17) is 4.74 Å². The molecule has 2 aromatic carbocycles. The van der Waals surface area contributed by atoms with Gasteiger partial charge in [-0.25, -0.2) is 4.39 Å². The molecule has 7 heteroatoms. The quantitative estimate of drug-likeness (QED) is 0.450. The van der Waals surface area contributed by atoms with E-state index < -0.39 is 5.60 Å². The van der Waals surface area contributed by atoms with E-state index in [-0.39, 0.29) is 17.5 Å². The highest BCUT2D eigenvalue weighted by atomic mass is 19.1. The van der Waals surface area contributed by atoms with Crippen LogP contribution in [0.4, 0.5) is 4.39 Å². The third kappa shape index (κ3) is 4.14. The first-order valence-corrected chi connectivity index (χ1v) is 11.3. The Morgan fingerprint density at radius 2 is 1.85 bits per heavy atom. The molecule has 2 N–H and O–H groups in total. The van der Waals surface area contributed by atoms with Crippen molar-refractivity contribution in [3.63, 3.8) is 0 Å². The van der Waals surface area contributed by atoms with E-state index in [0.717, 1.165) is 46.3 Å². The number of phenols is 1. The van der Waals surface area contributed by atoms with E-state index >= 15 is 0 Å². The highest BCUT2D eigenvalue weighted by Crippen LogP contribution is 2.46. The van der Waals surface area contributed by atoms with E-state index in [0.29, 0.717) is 19.8 Å². The third-order valence-corrected chi connectivity index (χ3v) is 6.17. The smallest absolute Gasteiger partial charge is 0.125 e. The topological polar surface area (TPSA) is 72.4 Å². The highest BCUT2D eigenvalue weighted by Gasteiger charge is 2.29. The fourth-order valence-corrected chi connectivity index (χ4v) is 4.83. The van der Waals surface area contributed by atoms with Crippen LogP contribution in [0, 0.1) is 5.82 Å². The maximum absolute atomic E-state index is 13.7. The molecule has 0 atom stereocenters. The SMILES string of the molecule is CC(C)(O)Cn1cc(-c2c(C3CCOCC3)n(-c3ccc(F)cc3)c3cccc(O)c23)cn1. The Balaban J connectivity index is 1.80. The zero-order chi connectivity index (χ0) is 23.2. The normalized spacial score (nSPS) is 15.4. The minimum Gasteiger partial charge on any atom is -0.507 e. The van der Waals surface area contributed by atoms with Crippen LogP contribution in [0.15, 0.2) is 54.9 Å². The molecule has 172 valence electrons. The van der Waals surface area contributed by atoms with Gasteiger partial charge in [-0.2, -0.15) is 5.10 Å². The molecule has 1 saturated heterocycles. The van der Waals surface area contributed by atoms with E-state index in [2.05, 4.69) is 9.67 Å². The molecule has 0 amide bonds. The van der Waals surface area contributed by atoms with Crippen molar-refractivity contribution in [2.75, 3.05) is 13.2 Å². The number of hydrogen-bond acceptors (Lipinski definition) is 4. The molecule has 0 bridgehead atoms. The first-order chi connectivity index (χ1) is 15.8. The fourth-order valence-electron chi connectivity index (χ4n) is 4.83. The van der Waals surface area contributed by atoms with E-state index in [1.54, 1.807) is 42.9 Å². The second-order valence-corrected chi connectivity index (χ2v) is 9.37. The molecule has 0 spiro atoms. The lowest BCUT2D eigenvalue weighted by Crippen LogP contribution is -2.26. The second-order valence-electron chi connectivity index (χ2n) is 9.37. The summed E-state index contributed by atoms with van der Waals surface area (Å²) in [6, 6.07) is 11.9. The number of ether oxygens (including phenoxy) is 1. The lowest BCUT2D eigenvalue weighted by atomic mass is 9.90. The van der Waals surface area contributed by atoms with Gasteiger partial charge in [0.05, 0.1) is 29.2 Å². The number of hydrogen-bond donors (Lipinski definition) is 2. The molecule has 6 nitrogen and oxygen atoms in total. The average Bonchev–Trinajstić information content (AvgIpc) is 3.36. The molecular formula is C26H28FN3O3. The number of aromatic nitrogens is 3. The van der Waals surface area contributed by atoms with Gasteiger partial charge in [0.15, 0.2) is 0 Å². The van der Waals surface area contributed by atoms with Crippen molar-refractivity contribution in [1.82, 2.24) is 14.3 Å². The Bertz CT molecular complexity index is 1280. The number of nitrogens with zero attached hydrogens (tertiary/aromatic N) is 3. The molecule has 3 heterocycles. The number of rotatable bonds is 5. The van der Waals surface area contributed by atoms with Gasteiger partial charge in [-0.1, -0.05) is 6.07 Å². The fraction of sp³-hybridized carbons (Fsp3) is 0.346. The lowest BCUT2D eigenvalue weighted by molar-refractivity contribution is 0.0577. The standard InChI is InChI=1S/C26H28FN3O3/c1-26(2,32)16-29-15-18(14-28-29)23-24-21(4-3-5-22(24)31)30(20-8-6-19(27)7-9-20)25(23)17-10-12-33-13-11-17/h3-9,14-15,17,31-32H,10-13,16H2,1-2H3. The van der Waals surface area contributed by atoms with Crippen molar-refractivity contribution in [3.8, 4) is 22.6 Å². The van der Waals surface area contributed by atoms with Crippen LogP contribution in [0.5, 0.6) is 5.75 Å². The second kappa shape index (κ2) is 8.32. The van der Waals surface area contributed by atoms with Crippen LogP contribution < -0.4 is 0 Å². The average molecular weight is 450 g/mol. The molecule has 1 aliphatic heterocycles. The largest absolute Gasteiger partial charge is 0.507 e. The van der Waals surface area contributed by atoms with Crippen molar-refractivity contribution in [2.24, 2.45) is 0 Å². The van der Waals surface area contributed by atoms with Gasteiger partial charge in [0.1, 0.15) is 11.6 Å². The Kier molecular flexibility index (Phi) is 5.46. The van der Waals surface area contributed by atoms with Gasteiger partial charge < -0.3 is 19.5 Å². The Morgan fingerprint density at radius 3 is 2.55 bits per heavy atom. The highest BCUT2D eigenvalue weighted by molar-refractivity contribution is 6.03. The molecule has 1 fully saturated rings. The van der Waals surface area contributed by atoms with Crippen molar-refractivity contribution >= 4 is 10.9 Å². The van der Waals surface area contributed by atoms with Crippen molar-refractivity contribution < 1.29 is 19.3 Å². The summed E-state index contributed by atoms with van der Waals surface area (Å²) in [6.07, 6.45) is 5.40. The molecule has 0 aliphatic carbocycles. The third-order valence-electron chi connectivity index (χ3n) is 6.17. The summed E-state index contributed by atoms with van der Waals surface area (Å²) < 4.78 is 23.2. The number of aromatic hydroxyl groups is 1. The molecule has 0 saturated carbocycles. The van der Waals surface area contributed by atoms with Crippen molar-refractivity contribution in [2.45, 2.75) is 44.8 Å². The van der Waals surface area contributed by atoms with Crippen molar-refractivity contribution in [1.29, 1.82) is 0 Å². The minimum atomic E-state index is -0.906. The van der Waals surface area contributed by atoms with Crippen LogP contribution in [-0.2, 0) is 11.3 Å². The zero-order valence-electron chi connectivity index (χ0n) is 18.8. The lowest BCUT2D eigenvalue weighted by Gasteiger charge is -2.25. The van der Waals surface area contributed by atoms with Crippen LogP contribution in [0.25, 0.3) is 27.7 Å². The molecule has 5 rings (SSSR count). The Hall–Kier alpha value is -3.16. The minimum absolute atomic E-state index is 0.187. The van der Waals surface area contributed by atoms with Crippen LogP contribution in [0.3, 0.4) is 0 Å². The molecule has 0 radical (unpaired) electrons. The van der Waals surface area contributed by atoms with Crippen molar-refractivity contribution in [3.05, 3.63) is 66.4 Å². The van der Waals surface area contributed by atoms with Gasteiger partial charge in [0, 0.05) is 47.8 Å². The number of benzene rings is 2. The van der Waals surface area contributed by atoms with Crippen LogP contribution in [0.1, 0.15) is 38.3 Å². The summed E-state index contributed by atoms with van der Waals surface area (Å²) in [5.74, 6) is 0.0916. The Labute approximate surface area is 191 Å². The molecule has 33 heavy (non-hydrogen) atoms. The molecule has 2 aromatic heterocycles. The number of halogens is 1. The van der Waals surface area contributed by atoms with Crippen LogP contribution in [0.2, 0.25) is 0 Å². The summed E-state index contributed by atoms with van der Waals surface area (Å²) in [7, 11) is 0. The molecule has 4 aromatic rings. The van der Waals surface area contributed by atoms with E-state index in [9.17, 15) is 14.6 Å². The maximum Gasteiger partial charge on any atom is 0.125 e. The van der Waals surface area contributed by atoms with Gasteiger partial charge in [-0.05, 0) is 63.1 Å². The van der Waals surface area contributed by atoms with E-state index in [1.165, 1.54) is 12.1 Å². The predicted octanol–water partition coefficient (Wildman–Crippen LogP) is 5.00. The number of aliphatic hydroxyl groups is 1. The monoisotopic (exact) mass is 449 g/mol. The molecular weight excluding hydrogens is 421 g/mol. The maximum atomic E-state index is 13.7. The molecule has 0 unspecified atom stereocenters.